The number of nitrogens with one attached hydrogen (secondary N) is 1. The monoisotopic (exact) mass is 353 g/mol. The molecule has 0 spiro atoms. The van der Waals surface area contributed by atoms with Crippen molar-refractivity contribution < 1.29 is 18.7 Å². The van der Waals surface area contributed by atoms with Crippen LogP contribution in [0.2, 0.25) is 0 Å². The van der Waals surface area contributed by atoms with Crippen LogP contribution in [-0.2, 0) is 0 Å². The third-order valence-electron chi connectivity index (χ3n) is 3.31. The van der Waals surface area contributed by atoms with Crippen molar-refractivity contribution in [3.8, 4) is 17.5 Å². The quantitative estimate of drug-likeness (QED) is 0.723. The zero-order valence-electron chi connectivity index (χ0n) is 14.0. The smallest absolute Gasteiger partial charge is 0.316 e. The maximum absolute atomic E-state index is 12.9. The molecule has 6 nitrogen and oxygen atoms in total. The maximum Gasteiger partial charge on any atom is 0.316 e. The predicted octanol–water partition coefficient (Wildman–Crippen LogP) is 4.06. The molecule has 1 N–H and O–H groups in total. The molecule has 0 radical (unpaired) electrons. The second-order valence-corrected chi connectivity index (χ2v) is 5.23. The SMILES string of the molecule is CCOc1ncc(NC(=O)c2cccc(Oc3ccc(F)cc3)c2)cn1. The molecule has 1 aromatic heterocycles. The van der Waals surface area contributed by atoms with Crippen molar-refractivity contribution in [2.24, 2.45) is 0 Å². The van der Waals surface area contributed by atoms with Gasteiger partial charge in [-0.1, -0.05) is 6.07 Å². The average Bonchev–Trinajstić information content (AvgIpc) is 2.66. The normalized spacial score (nSPS) is 10.2. The summed E-state index contributed by atoms with van der Waals surface area (Å²) < 4.78 is 23.7. The number of hydrogen-bond donors (Lipinski definition) is 1. The third-order valence-corrected chi connectivity index (χ3v) is 3.31. The van der Waals surface area contributed by atoms with E-state index in [1.54, 1.807) is 24.3 Å². The first-order chi connectivity index (χ1) is 12.6. The van der Waals surface area contributed by atoms with Gasteiger partial charge in [0.15, 0.2) is 0 Å². The van der Waals surface area contributed by atoms with E-state index in [9.17, 15) is 9.18 Å². The number of nitrogens with zero attached hydrogens (tertiary/aromatic N) is 2. The summed E-state index contributed by atoms with van der Waals surface area (Å²) in [4.78, 5) is 20.4. The highest BCUT2D eigenvalue weighted by Gasteiger charge is 2.09. The number of aromatic nitrogens is 2. The van der Waals surface area contributed by atoms with Gasteiger partial charge >= 0.3 is 6.01 Å². The Morgan fingerprint density at radius 1 is 1.08 bits per heavy atom. The van der Waals surface area contributed by atoms with Crippen molar-refractivity contribution in [2.75, 3.05) is 11.9 Å². The van der Waals surface area contributed by atoms with E-state index in [1.807, 2.05) is 6.92 Å². The zero-order chi connectivity index (χ0) is 18.4. The minimum Gasteiger partial charge on any atom is -0.464 e. The number of benzene rings is 2. The van der Waals surface area contributed by atoms with E-state index >= 15 is 0 Å². The topological polar surface area (TPSA) is 73.3 Å². The lowest BCUT2D eigenvalue weighted by molar-refractivity contribution is 0.102. The maximum atomic E-state index is 12.9. The van der Waals surface area contributed by atoms with Crippen LogP contribution in [0.3, 0.4) is 0 Å². The van der Waals surface area contributed by atoms with Gasteiger partial charge in [0.1, 0.15) is 17.3 Å². The van der Waals surface area contributed by atoms with E-state index in [2.05, 4.69) is 15.3 Å². The minimum atomic E-state index is -0.344. The summed E-state index contributed by atoms with van der Waals surface area (Å²) in [5.74, 6) is 0.265. The Kier molecular flexibility index (Phi) is 5.38. The summed E-state index contributed by atoms with van der Waals surface area (Å²) in [6, 6.07) is 12.5. The van der Waals surface area contributed by atoms with E-state index in [0.29, 0.717) is 29.4 Å². The van der Waals surface area contributed by atoms with Crippen LogP contribution in [0.25, 0.3) is 0 Å². The fourth-order valence-electron chi connectivity index (χ4n) is 2.13. The molecule has 0 saturated carbocycles. The van der Waals surface area contributed by atoms with Crippen LogP contribution in [0.5, 0.6) is 17.5 Å². The van der Waals surface area contributed by atoms with Crippen LogP contribution in [0.15, 0.2) is 60.9 Å². The summed E-state index contributed by atoms with van der Waals surface area (Å²) in [7, 11) is 0. The Morgan fingerprint density at radius 3 is 2.50 bits per heavy atom. The molecule has 3 aromatic rings. The van der Waals surface area contributed by atoms with Gasteiger partial charge in [0, 0.05) is 5.56 Å². The first-order valence-corrected chi connectivity index (χ1v) is 7.93. The van der Waals surface area contributed by atoms with Crippen molar-refractivity contribution in [1.82, 2.24) is 9.97 Å². The highest BCUT2D eigenvalue weighted by atomic mass is 19.1. The molecule has 0 bridgehead atoms. The van der Waals surface area contributed by atoms with Gasteiger partial charge in [0.25, 0.3) is 5.91 Å². The molecule has 132 valence electrons. The number of carbonyl (C=O) groups is 1. The van der Waals surface area contributed by atoms with E-state index in [4.69, 9.17) is 9.47 Å². The molecule has 1 heterocycles. The lowest BCUT2D eigenvalue weighted by atomic mass is 10.2. The van der Waals surface area contributed by atoms with Gasteiger partial charge in [-0.25, -0.2) is 14.4 Å². The van der Waals surface area contributed by atoms with Crippen LogP contribution >= 0.6 is 0 Å². The first-order valence-electron chi connectivity index (χ1n) is 7.93. The van der Waals surface area contributed by atoms with Crippen LogP contribution in [0.1, 0.15) is 17.3 Å². The van der Waals surface area contributed by atoms with Gasteiger partial charge < -0.3 is 14.8 Å². The standard InChI is InChI=1S/C19H16FN3O3/c1-2-25-19-21-11-15(12-22-19)23-18(24)13-4-3-5-17(10-13)26-16-8-6-14(20)7-9-16/h3-12H,2H2,1H3,(H,23,24). The molecule has 3 rings (SSSR count). The van der Waals surface area contributed by atoms with Crippen molar-refractivity contribution in [1.29, 1.82) is 0 Å². The van der Waals surface area contributed by atoms with Crippen molar-refractivity contribution >= 4 is 11.6 Å². The number of ether oxygens (including phenoxy) is 2. The van der Waals surface area contributed by atoms with Gasteiger partial charge in [0.2, 0.25) is 0 Å². The first kappa shape index (κ1) is 17.3. The highest BCUT2D eigenvalue weighted by Crippen LogP contribution is 2.23. The molecule has 0 saturated heterocycles. The van der Waals surface area contributed by atoms with E-state index in [1.165, 1.54) is 36.7 Å². The molecule has 0 atom stereocenters. The third kappa shape index (κ3) is 4.54. The van der Waals surface area contributed by atoms with Gasteiger partial charge in [-0.15, -0.1) is 0 Å². The lowest BCUT2D eigenvalue weighted by Crippen LogP contribution is -2.12. The largest absolute Gasteiger partial charge is 0.464 e. The van der Waals surface area contributed by atoms with Crippen LogP contribution in [0, 0.1) is 5.82 Å². The van der Waals surface area contributed by atoms with Gasteiger partial charge in [-0.2, -0.15) is 0 Å². The molecule has 7 heteroatoms. The zero-order valence-corrected chi connectivity index (χ0v) is 14.0. The molecule has 26 heavy (non-hydrogen) atoms. The van der Waals surface area contributed by atoms with E-state index < -0.39 is 0 Å². The summed E-state index contributed by atoms with van der Waals surface area (Å²) in [6.45, 7) is 2.30. The molecule has 1 amide bonds. The van der Waals surface area contributed by atoms with Crippen molar-refractivity contribution in [2.45, 2.75) is 6.92 Å². The van der Waals surface area contributed by atoms with Crippen LogP contribution < -0.4 is 14.8 Å². The molecule has 0 fully saturated rings. The second kappa shape index (κ2) is 8.06. The summed E-state index contributed by atoms with van der Waals surface area (Å²) in [5.41, 5.74) is 0.849. The summed E-state index contributed by atoms with van der Waals surface area (Å²) in [5, 5.41) is 2.70. The van der Waals surface area contributed by atoms with E-state index in [0.717, 1.165) is 0 Å². The number of rotatable bonds is 6. The fourth-order valence-corrected chi connectivity index (χ4v) is 2.13. The Labute approximate surface area is 149 Å². The van der Waals surface area contributed by atoms with Gasteiger partial charge in [-0.05, 0) is 49.4 Å². The van der Waals surface area contributed by atoms with Crippen molar-refractivity contribution in [3.63, 3.8) is 0 Å². The Balaban J connectivity index is 1.68. The summed E-state index contributed by atoms with van der Waals surface area (Å²) in [6.07, 6.45) is 2.93. The van der Waals surface area contributed by atoms with Gasteiger partial charge in [-0.3, -0.25) is 4.79 Å². The number of anilines is 1. The predicted molar refractivity (Wildman–Crippen MR) is 94.1 cm³/mol. The molecule has 0 aliphatic carbocycles. The molecule has 2 aromatic carbocycles. The number of carbonyl (C=O) groups excluding carboxylic acids is 1. The summed E-state index contributed by atoms with van der Waals surface area (Å²) >= 11 is 0. The average molecular weight is 353 g/mol. The second-order valence-electron chi connectivity index (χ2n) is 5.23. The highest BCUT2D eigenvalue weighted by molar-refractivity contribution is 6.04. The van der Waals surface area contributed by atoms with Crippen LogP contribution in [-0.4, -0.2) is 22.5 Å². The molecule has 0 aliphatic rings. The van der Waals surface area contributed by atoms with Crippen molar-refractivity contribution in [3.05, 3.63) is 72.3 Å². The molecular weight excluding hydrogens is 337 g/mol. The molecule has 0 unspecified atom stereocenters. The Hall–Kier alpha value is -3.48. The number of amides is 1. The van der Waals surface area contributed by atoms with E-state index in [-0.39, 0.29) is 17.7 Å². The van der Waals surface area contributed by atoms with Gasteiger partial charge in [0.05, 0.1) is 24.7 Å². The number of halogens is 1. The molecular formula is C19H16FN3O3. The Bertz CT molecular complexity index is 883. The lowest BCUT2D eigenvalue weighted by Gasteiger charge is -2.08. The van der Waals surface area contributed by atoms with Crippen LogP contribution in [0.4, 0.5) is 10.1 Å². The minimum absolute atomic E-state index is 0.250. The number of hydrogen-bond acceptors (Lipinski definition) is 5. The fraction of sp³-hybridized carbons (Fsp3) is 0.105. The molecule has 0 aliphatic heterocycles. The Morgan fingerprint density at radius 2 is 1.81 bits per heavy atom.